The van der Waals surface area contributed by atoms with E-state index in [9.17, 15) is 4.79 Å². The molecule has 2 unspecified atom stereocenters. The van der Waals surface area contributed by atoms with Crippen LogP contribution in [0.1, 0.15) is 19.8 Å². The molecule has 0 aliphatic carbocycles. The van der Waals surface area contributed by atoms with E-state index >= 15 is 0 Å². The number of piperidine rings is 1. The lowest BCUT2D eigenvalue weighted by molar-refractivity contribution is -0.122. The van der Waals surface area contributed by atoms with Gasteiger partial charge in [0.15, 0.2) is 0 Å². The molecule has 4 nitrogen and oxygen atoms in total. The minimum atomic E-state index is 0. The standard InChI is InChI=1S/C15H21BrN2O2.ClH/c1-11-10-17-7-5-14(11)18-15(19)6-8-20-13-4-2-3-12(16)9-13;/h2-4,9,11,14,17H,5-8,10H2,1H3,(H,18,19);1H. The van der Waals surface area contributed by atoms with E-state index in [1.165, 1.54) is 0 Å². The van der Waals surface area contributed by atoms with E-state index in [1.807, 2.05) is 24.3 Å². The molecule has 1 amide bonds. The van der Waals surface area contributed by atoms with E-state index < -0.39 is 0 Å². The molecule has 1 saturated heterocycles. The minimum Gasteiger partial charge on any atom is -0.493 e. The summed E-state index contributed by atoms with van der Waals surface area (Å²) in [6.45, 7) is 4.51. The highest BCUT2D eigenvalue weighted by Gasteiger charge is 2.22. The summed E-state index contributed by atoms with van der Waals surface area (Å²) in [5, 5.41) is 6.43. The molecule has 2 rings (SSSR count). The van der Waals surface area contributed by atoms with Crippen LogP contribution in [0.15, 0.2) is 28.7 Å². The number of benzene rings is 1. The highest BCUT2D eigenvalue weighted by Crippen LogP contribution is 2.17. The first kappa shape index (κ1) is 18.3. The number of ether oxygens (including phenoxy) is 1. The van der Waals surface area contributed by atoms with Crippen molar-refractivity contribution in [3.8, 4) is 5.75 Å². The van der Waals surface area contributed by atoms with Crippen LogP contribution in [0.25, 0.3) is 0 Å². The molecular formula is C15H22BrClN2O2. The normalized spacial score (nSPS) is 21.2. The summed E-state index contributed by atoms with van der Waals surface area (Å²) in [7, 11) is 0. The number of carbonyl (C=O) groups excluding carboxylic acids is 1. The zero-order chi connectivity index (χ0) is 14.4. The van der Waals surface area contributed by atoms with E-state index in [2.05, 4.69) is 33.5 Å². The third-order valence-electron chi connectivity index (χ3n) is 3.53. The number of nitrogens with one attached hydrogen (secondary N) is 2. The highest BCUT2D eigenvalue weighted by atomic mass is 79.9. The van der Waals surface area contributed by atoms with Gasteiger partial charge in [0.25, 0.3) is 0 Å². The fraction of sp³-hybridized carbons (Fsp3) is 0.533. The van der Waals surface area contributed by atoms with Gasteiger partial charge >= 0.3 is 0 Å². The van der Waals surface area contributed by atoms with Crippen molar-refractivity contribution in [1.82, 2.24) is 10.6 Å². The summed E-state index contributed by atoms with van der Waals surface area (Å²) >= 11 is 3.39. The average molecular weight is 378 g/mol. The van der Waals surface area contributed by atoms with Gasteiger partial charge < -0.3 is 15.4 Å². The Morgan fingerprint density at radius 1 is 1.52 bits per heavy atom. The molecule has 21 heavy (non-hydrogen) atoms. The van der Waals surface area contributed by atoms with Crippen LogP contribution < -0.4 is 15.4 Å². The van der Waals surface area contributed by atoms with Crippen LogP contribution in [0.5, 0.6) is 5.75 Å². The number of hydrogen-bond donors (Lipinski definition) is 2. The topological polar surface area (TPSA) is 50.4 Å². The summed E-state index contributed by atoms with van der Waals surface area (Å²) in [6, 6.07) is 7.92. The quantitative estimate of drug-likeness (QED) is 0.829. The maximum Gasteiger partial charge on any atom is 0.223 e. The summed E-state index contributed by atoms with van der Waals surface area (Å²) in [5.74, 6) is 1.33. The molecule has 1 aliphatic rings. The van der Waals surface area contributed by atoms with Crippen molar-refractivity contribution < 1.29 is 9.53 Å². The molecule has 118 valence electrons. The molecule has 0 saturated carbocycles. The van der Waals surface area contributed by atoms with Crippen molar-refractivity contribution in [2.45, 2.75) is 25.8 Å². The molecule has 0 spiro atoms. The summed E-state index contributed by atoms with van der Waals surface area (Å²) in [6.07, 6.45) is 1.39. The van der Waals surface area contributed by atoms with Gasteiger partial charge in [-0.2, -0.15) is 0 Å². The SMILES string of the molecule is CC1CNCCC1NC(=O)CCOc1cccc(Br)c1.Cl. The molecule has 2 N–H and O–H groups in total. The Kier molecular flexibility index (Phi) is 8.07. The van der Waals surface area contributed by atoms with E-state index in [1.54, 1.807) is 0 Å². The lowest BCUT2D eigenvalue weighted by Crippen LogP contribution is -2.48. The number of carbonyl (C=O) groups is 1. The molecular weight excluding hydrogens is 356 g/mol. The Balaban J connectivity index is 0.00000220. The first-order valence-electron chi connectivity index (χ1n) is 7.03. The average Bonchev–Trinajstić information content (AvgIpc) is 2.41. The number of amides is 1. The van der Waals surface area contributed by atoms with E-state index in [4.69, 9.17) is 4.74 Å². The highest BCUT2D eigenvalue weighted by molar-refractivity contribution is 9.10. The Morgan fingerprint density at radius 3 is 3.05 bits per heavy atom. The number of rotatable bonds is 5. The van der Waals surface area contributed by atoms with Gasteiger partial charge in [-0.05, 0) is 43.6 Å². The van der Waals surface area contributed by atoms with Crippen molar-refractivity contribution in [2.24, 2.45) is 5.92 Å². The van der Waals surface area contributed by atoms with E-state index in [-0.39, 0.29) is 24.4 Å². The second kappa shape index (κ2) is 9.28. The van der Waals surface area contributed by atoms with Crippen LogP contribution in [0.4, 0.5) is 0 Å². The zero-order valence-electron chi connectivity index (χ0n) is 12.1. The van der Waals surface area contributed by atoms with Crippen LogP contribution in [0, 0.1) is 5.92 Å². The third kappa shape index (κ3) is 6.24. The Bertz CT molecular complexity index is 459. The fourth-order valence-corrected chi connectivity index (χ4v) is 2.70. The summed E-state index contributed by atoms with van der Waals surface area (Å²) in [4.78, 5) is 11.9. The van der Waals surface area contributed by atoms with Crippen LogP contribution in [-0.2, 0) is 4.79 Å². The van der Waals surface area contributed by atoms with Crippen LogP contribution in [0.3, 0.4) is 0 Å². The molecule has 2 atom stereocenters. The smallest absolute Gasteiger partial charge is 0.223 e. The second-order valence-corrected chi connectivity index (χ2v) is 6.12. The van der Waals surface area contributed by atoms with Gasteiger partial charge in [-0.3, -0.25) is 4.79 Å². The molecule has 1 fully saturated rings. The summed E-state index contributed by atoms with van der Waals surface area (Å²) in [5.41, 5.74) is 0. The van der Waals surface area contributed by atoms with Gasteiger partial charge in [0.2, 0.25) is 5.91 Å². The van der Waals surface area contributed by atoms with Gasteiger partial charge in [-0.25, -0.2) is 0 Å². The minimum absolute atomic E-state index is 0. The van der Waals surface area contributed by atoms with Crippen molar-refractivity contribution in [2.75, 3.05) is 19.7 Å². The van der Waals surface area contributed by atoms with Gasteiger partial charge in [-0.15, -0.1) is 12.4 Å². The van der Waals surface area contributed by atoms with E-state index in [0.717, 1.165) is 29.7 Å². The largest absolute Gasteiger partial charge is 0.493 e. The monoisotopic (exact) mass is 376 g/mol. The number of halogens is 2. The van der Waals surface area contributed by atoms with Gasteiger partial charge in [0.1, 0.15) is 5.75 Å². The Morgan fingerprint density at radius 2 is 2.33 bits per heavy atom. The van der Waals surface area contributed by atoms with Crippen molar-refractivity contribution in [3.05, 3.63) is 28.7 Å². The first-order valence-corrected chi connectivity index (χ1v) is 7.83. The molecule has 1 aromatic carbocycles. The lowest BCUT2D eigenvalue weighted by Gasteiger charge is -2.30. The molecule has 1 heterocycles. The zero-order valence-corrected chi connectivity index (χ0v) is 14.5. The van der Waals surface area contributed by atoms with Crippen molar-refractivity contribution in [3.63, 3.8) is 0 Å². The molecule has 0 radical (unpaired) electrons. The molecule has 1 aliphatic heterocycles. The fourth-order valence-electron chi connectivity index (χ4n) is 2.33. The van der Waals surface area contributed by atoms with Crippen molar-refractivity contribution >= 4 is 34.2 Å². The Labute approximate surface area is 140 Å². The van der Waals surface area contributed by atoms with Gasteiger partial charge in [0, 0.05) is 10.5 Å². The van der Waals surface area contributed by atoms with Crippen LogP contribution >= 0.6 is 28.3 Å². The predicted molar refractivity (Wildman–Crippen MR) is 90.1 cm³/mol. The third-order valence-corrected chi connectivity index (χ3v) is 4.02. The first-order chi connectivity index (χ1) is 9.65. The molecule has 1 aromatic rings. The number of hydrogen-bond acceptors (Lipinski definition) is 3. The summed E-state index contributed by atoms with van der Waals surface area (Å²) < 4.78 is 6.55. The van der Waals surface area contributed by atoms with Crippen LogP contribution in [0.2, 0.25) is 0 Å². The second-order valence-electron chi connectivity index (χ2n) is 5.20. The van der Waals surface area contributed by atoms with Gasteiger partial charge in [-0.1, -0.05) is 28.9 Å². The van der Waals surface area contributed by atoms with E-state index in [0.29, 0.717) is 18.9 Å². The van der Waals surface area contributed by atoms with Gasteiger partial charge in [0.05, 0.1) is 13.0 Å². The molecule has 6 heteroatoms. The Hall–Kier alpha value is -0.780. The lowest BCUT2D eigenvalue weighted by atomic mass is 9.95. The van der Waals surface area contributed by atoms with Crippen molar-refractivity contribution in [1.29, 1.82) is 0 Å². The predicted octanol–water partition coefficient (Wildman–Crippen LogP) is 2.75. The van der Waals surface area contributed by atoms with Crippen LogP contribution in [-0.4, -0.2) is 31.6 Å². The maximum atomic E-state index is 11.9. The molecule has 0 bridgehead atoms. The maximum absolute atomic E-state index is 11.9. The molecule has 0 aromatic heterocycles.